The van der Waals surface area contributed by atoms with Gasteiger partial charge in [0.05, 0.1) is 5.39 Å². The maximum absolute atomic E-state index is 4.42. The van der Waals surface area contributed by atoms with Gasteiger partial charge >= 0.3 is 0 Å². The van der Waals surface area contributed by atoms with Crippen molar-refractivity contribution in [1.29, 1.82) is 0 Å². The third-order valence-corrected chi connectivity index (χ3v) is 4.96. The monoisotopic (exact) mass is 326 g/mol. The number of nitrogens with zero attached hydrogens (tertiary/aromatic N) is 3. The van der Waals surface area contributed by atoms with Crippen LogP contribution in [-0.2, 0) is 6.42 Å². The Morgan fingerprint density at radius 3 is 2.70 bits per heavy atom. The minimum absolute atomic E-state index is 0.405. The molecular weight excluding hydrogens is 304 g/mol. The van der Waals surface area contributed by atoms with E-state index < -0.39 is 0 Å². The third-order valence-electron chi connectivity index (χ3n) is 4.00. The Morgan fingerprint density at radius 2 is 1.96 bits per heavy atom. The van der Waals surface area contributed by atoms with Crippen molar-refractivity contribution in [2.24, 2.45) is 0 Å². The molecule has 2 aromatic heterocycles. The second kappa shape index (κ2) is 7.06. The normalized spacial score (nSPS) is 12.7. The van der Waals surface area contributed by atoms with Gasteiger partial charge in [0, 0.05) is 17.5 Å². The minimum Gasteiger partial charge on any atom is -0.368 e. The van der Waals surface area contributed by atoms with Crippen molar-refractivity contribution in [2.75, 3.05) is 26.0 Å². The fourth-order valence-corrected chi connectivity index (χ4v) is 3.50. The maximum atomic E-state index is 4.42. The topological polar surface area (TPSA) is 41.0 Å². The molecule has 3 aromatic rings. The molecule has 2 heterocycles. The summed E-state index contributed by atoms with van der Waals surface area (Å²) in [4.78, 5) is 13.3. The van der Waals surface area contributed by atoms with Gasteiger partial charge in [0.15, 0.2) is 0 Å². The highest BCUT2D eigenvalue weighted by atomic mass is 32.1. The predicted octanol–water partition coefficient (Wildman–Crippen LogP) is 3.58. The van der Waals surface area contributed by atoms with Crippen LogP contribution in [0, 0.1) is 6.92 Å². The molecule has 0 fully saturated rings. The summed E-state index contributed by atoms with van der Waals surface area (Å²) in [6, 6.07) is 13.2. The number of aromatic nitrogens is 2. The molecule has 1 unspecified atom stereocenters. The lowest BCUT2D eigenvalue weighted by molar-refractivity contribution is 0.303. The van der Waals surface area contributed by atoms with Crippen LogP contribution >= 0.6 is 11.3 Å². The lowest BCUT2D eigenvalue weighted by Gasteiger charge is -2.25. The number of fused-ring (bicyclic) bond motifs is 1. The van der Waals surface area contributed by atoms with E-state index in [0.29, 0.717) is 6.04 Å². The summed E-state index contributed by atoms with van der Waals surface area (Å²) >= 11 is 1.71. The van der Waals surface area contributed by atoms with Crippen LogP contribution in [-0.4, -0.2) is 41.5 Å². The van der Waals surface area contributed by atoms with Gasteiger partial charge < -0.3 is 10.2 Å². The highest BCUT2D eigenvalue weighted by Crippen LogP contribution is 2.27. The molecule has 0 bridgehead atoms. The molecule has 120 valence electrons. The first-order valence-electron chi connectivity index (χ1n) is 7.79. The number of aryl methyl sites for hydroxylation is 1. The molecule has 0 saturated carbocycles. The average molecular weight is 326 g/mol. The summed E-state index contributed by atoms with van der Waals surface area (Å²) in [6.07, 6.45) is 2.65. The zero-order valence-electron chi connectivity index (χ0n) is 13.8. The van der Waals surface area contributed by atoms with Gasteiger partial charge in [-0.3, -0.25) is 0 Å². The Bertz CT molecular complexity index is 767. The molecular formula is C18H22N4S. The van der Waals surface area contributed by atoms with Crippen LogP contribution in [0.3, 0.4) is 0 Å². The first kappa shape index (κ1) is 15.9. The number of nitrogens with one attached hydrogen (secondary N) is 1. The quantitative estimate of drug-likeness (QED) is 0.752. The molecule has 0 aliphatic heterocycles. The Hall–Kier alpha value is -1.98. The molecule has 0 amide bonds. The van der Waals surface area contributed by atoms with Gasteiger partial charge in [0.2, 0.25) is 0 Å². The molecule has 0 aliphatic rings. The van der Waals surface area contributed by atoms with Gasteiger partial charge in [0.1, 0.15) is 17.0 Å². The summed E-state index contributed by atoms with van der Waals surface area (Å²) < 4.78 is 0. The molecule has 4 nitrogen and oxygen atoms in total. The van der Waals surface area contributed by atoms with Crippen LogP contribution in [0.1, 0.15) is 10.4 Å². The Balaban J connectivity index is 1.73. The molecule has 23 heavy (non-hydrogen) atoms. The van der Waals surface area contributed by atoms with Crippen LogP contribution in [0.25, 0.3) is 10.2 Å². The first-order chi connectivity index (χ1) is 11.1. The summed E-state index contributed by atoms with van der Waals surface area (Å²) in [5.41, 5.74) is 1.35. The van der Waals surface area contributed by atoms with E-state index >= 15 is 0 Å². The van der Waals surface area contributed by atoms with Crippen LogP contribution in [0.2, 0.25) is 0 Å². The van der Waals surface area contributed by atoms with Crippen LogP contribution in [0.5, 0.6) is 0 Å². The number of hydrogen-bond donors (Lipinski definition) is 1. The van der Waals surface area contributed by atoms with Crippen molar-refractivity contribution in [3.8, 4) is 0 Å². The average Bonchev–Trinajstić information content (AvgIpc) is 2.93. The number of thiophene rings is 1. The van der Waals surface area contributed by atoms with E-state index in [1.165, 1.54) is 10.4 Å². The predicted molar refractivity (Wildman–Crippen MR) is 98.3 cm³/mol. The van der Waals surface area contributed by atoms with Gasteiger partial charge in [-0.25, -0.2) is 9.97 Å². The Labute approximate surface area is 141 Å². The Morgan fingerprint density at radius 1 is 1.17 bits per heavy atom. The number of rotatable bonds is 6. The summed E-state index contributed by atoms with van der Waals surface area (Å²) in [7, 11) is 4.25. The van der Waals surface area contributed by atoms with Crippen LogP contribution < -0.4 is 5.32 Å². The van der Waals surface area contributed by atoms with Crippen molar-refractivity contribution >= 4 is 27.4 Å². The minimum atomic E-state index is 0.405. The number of hydrogen-bond acceptors (Lipinski definition) is 5. The lowest BCUT2D eigenvalue weighted by Crippen LogP contribution is -2.36. The fourth-order valence-electron chi connectivity index (χ4n) is 2.65. The van der Waals surface area contributed by atoms with Crippen LogP contribution in [0.15, 0.2) is 42.7 Å². The molecule has 1 N–H and O–H groups in total. The van der Waals surface area contributed by atoms with E-state index in [-0.39, 0.29) is 0 Å². The highest BCUT2D eigenvalue weighted by Gasteiger charge is 2.14. The SMILES string of the molecule is Cc1cc2c(NCC(Cc3ccccc3)N(C)C)ncnc2s1. The summed E-state index contributed by atoms with van der Waals surface area (Å²) in [5, 5.41) is 4.63. The number of anilines is 1. The second-order valence-electron chi connectivity index (χ2n) is 5.99. The highest BCUT2D eigenvalue weighted by molar-refractivity contribution is 7.18. The van der Waals surface area contributed by atoms with Gasteiger partial charge in [0.25, 0.3) is 0 Å². The number of benzene rings is 1. The largest absolute Gasteiger partial charge is 0.368 e. The van der Waals surface area contributed by atoms with Crippen molar-refractivity contribution in [3.63, 3.8) is 0 Å². The third kappa shape index (κ3) is 3.86. The zero-order chi connectivity index (χ0) is 16.2. The van der Waals surface area contributed by atoms with E-state index in [1.54, 1.807) is 17.7 Å². The van der Waals surface area contributed by atoms with Crippen LogP contribution in [0.4, 0.5) is 5.82 Å². The van der Waals surface area contributed by atoms with Gasteiger partial charge in [-0.05, 0) is 39.1 Å². The first-order valence-corrected chi connectivity index (χ1v) is 8.60. The van der Waals surface area contributed by atoms with Gasteiger partial charge in [-0.2, -0.15) is 0 Å². The molecule has 0 saturated heterocycles. The maximum Gasteiger partial charge on any atom is 0.138 e. The van der Waals surface area contributed by atoms with Crippen molar-refractivity contribution in [2.45, 2.75) is 19.4 Å². The van der Waals surface area contributed by atoms with Crippen molar-refractivity contribution in [1.82, 2.24) is 14.9 Å². The molecule has 5 heteroatoms. The van der Waals surface area contributed by atoms with E-state index in [4.69, 9.17) is 0 Å². The Kier molecular flexibility index (Phi) is 4.88. The molecule has 1 atom stereocenters. The van der Waals surface area contributed by atoms with Crippen molar-refractivity contribution < 1.29 is 0 Å². The lowest BCUT2D eigenvalue weighted by atomic mass is 10.1. The molecule has 3 rings (SSSR count). The molecule has 1 aromatic carbocycles. The molecule has 0 radical (unpaired) electrons. The van der Waals surface area contributed by atoms with Gasteiger partial charge in [-0.1, -0.05) is 30.3 Å². The number of likely N-dealkylation sites (N-methyl/N-ethyl adjacent to an activating group) is 1. The van der Waals surface area contributed by atoms with E-state index in [1.807, 2.05) is 0 Å². The van der Waals surface area contributed by atoms with E-state index in [9.17, 15) is 0 Å². The molecule has 0 aliphatic carbocycles. The molecule has 0 spiro atoms. The van der Waals surface area contributed by atoms with Gasteiger partial charge in [-0.15, -0.1) is 11.3 Å². The van der Waals surface area contributed by atoms with Crippen molar-refractivity contribution in [3.05, 3.63) is 53.2 Å². The second-order valence-corrected chi connectivity index (χ2v) is 7.22. The van der Waals surface area contributed by atoms with E-state index in [0.717, 1.165) is 29.0 Å². The summed E-state index contributed by atoms with van der Waals surface area (Å²) in [5.74, 6) is 0.930. The zero-order valence-corrected chi connectivity index (χ0v) is 14.6. The van der Waals surface area contributed by atoms with E-state index in [2.05, 4.69) is 77.6 Å². The smallest absolute Gasteiger partial charge is 0.138 e. The standard InChI is InChI=1S/C18H22N4S/c1-13-9-16-17(20-12-21-18(16)23-13)19-11-15(22(2)3)10-14-7-5-4-6-8-14/h4-9,12,15H,10-11H2,1-3H3,(H,19,20,21). The summed E-state index contributed by atoms with van der Waals surface area (Å²) in [6.45, 7) is 2.96. The fraction of sp³-hybridized carbons (Fsp3) is 0.333.